The lowest BCUT2D eigenvalue weighted by atomic mass is 10.1. The zero-order valence-electron chi connectivity index (χ0n) is 13.4. The lowest BCUT2D eigenvalue weighted by Crippen LogP contribution is -2.08. The van der Waals surface area contributed by atoms with Crippen molar-refractivity contribution < 1.29 is 13.4 Å². The van der Waals surface area contributed by atoms with Crippen LogP contribution in [-0.4, -0.2) is 15.0 Å². The maximum atomic E-state index is 13.3. The minimum Gasteiger partial charge on any atom is -0.294 e. The Hall–Kier alpha value is -1.34. The summed E-state index contributed by atoms with van der Waals surface area (Å²) in [7, 11) is -1.63. The van der Waals surface area contributed by atoms with E-state index in [0.717, 1.165) is 0 Å². The number of nitrogens with zero attached hydrogens (tertiary/aromatic N) is 1. The molecule has 3 rings (SSSR count). The number of aromatic nitrogens is 1. The summed E-state index contributed by atoms with van der Waals surface area (Å²) in [5, 5.41) is 1.15. The molecule has 0 aliphatic carbocycles. The molecule has 1 atom stereocenters. The average Bonchev–Trinajstić information content (AvgIpc) is 2.60. The van der Waals surface area contributed by atoms with E-state index in [1.807, 2.05) is 0 Å². The molecule has 0 amide bonds. The van der Waals surface area contributed by atoms with Crippen LogP contribution in [0.5, 0.6) is 0 Å². The second kappa shape index (κ2) is 7.72. The third-order valence-electron chi connectivity index (χ3n) is 3.72. The number of carbonyl (C=O) groups is 1. The fourth-order valence-corrected chi connectivity index (χ4v) is 4.56. The van der Waals surface area contributed by atoms with Crippen molar-refractivity contribution >= 4 is 66.6 Å². The van der Waals surface area contributed by atoms with Gasteiger partial charge in [-0.25, -0.2) is 9.37 Å². The Balaban J connectivity index is 2.11. The molecule has 0 saturated heterocycles. The zero-order chi connectivity index (χ0) is 19.0. The van der Waals surface area contributed by atoms with Gasteiger partial charge < -0.3 is 0 Å². The highest BCUT2D eigenvalue weighted by Gasteiger charge is 2.19. The van der Waals surface area contributed by atoms with Crippen LogP contribution < -0.4 is 0 Å². The van der Waals surface area contributed by atoms with Crippen LogP contribution in [0.2, 0.25) is 10.0 Å². The van der Waals surface area contributed by atoms with E-state index in [1.54, 1.807) is 18.2 Å². The van der Waals surface area contributed by atoms with Gasteiger partial charge in [-0.2, -0.15) is 0 Å². The maximum absolute atomic E-state index is 13.3. The number of carbonyl (C=O) groups excluding carboxylic acids is 1. The van der Waals surface area contributed by atoms with Crippen molar-refractivity contribution in [3.8, 4) is 0 Å². The monoisotopic (exact) mass is 473 g/mol. The Morgan fingerprint density at radius 2 is 1.92 bits per heavy atom. The highest BCUT2D eigenvalue weighted by atomic mass is 79.9. The van der Waals surface area contributed by atoms with Crippen molar-refractivity contribution in [2.75, 3.05) is 0 Å². The summed E-state index contributed by atoms with van der Waals surface area (Å²) in [5.41, 5.74) is 1.34. The Morgan fingerprint density at radius 1 is 1.19 bits per heavy atom. The average molecular weight is 475 g/mol. The molecule has 0 aliphatic rings. The Morgan fingerprint density at radius 3 is 2.58 bits per heavy atom. The predicted molar refractivity (Wildman–Crippen MR) is 106 cm³/mol. The molecule has 0 fully saturated rings. The summed E-state index contributed by atoms with van der Waals surface area (Å²) >= 11 is 15.4. The van der Waals surface area contributed by atoms with Crippen LogP contribution in [0.25, 0.3) is 10.9 Å². The molecule has 0 saturated carbocycles. The van der Waals surface area contributed by atoms with Crippen molar-refractivity contribution in [1.82, 2.24) is 4.98 Å². The molecule has 1 aromatic heterocycles. The summed E-state index contributed by atoms with van der Waals surface area (Å²) < 4.78 is 26.9. The van der Waals surface area contributed by atoms with E-state index in [9.17, 15) is 13.4 Å². The molecule has 0 radical (unpaired) electrons. The van der Waals surface area contributed by atoms with Gasteiger partial charge in [0, 0.05) is 9.86 Å². The van der Waals surface area contributed by atoms with E-state index in [1.165, 1.54) is 25.1 Å². The van der Waals surface area contributed by atoms with Gasteiger partial charge in [-0.05, 0) is 58.7 Å². The molecule has 8 heteroatoms. The number of halogens is 4. The number of rotatable bonds is 4. The summed E-state index contributed by atoms with van der Waals surface area (Å²) in [6, 6.07) is 9.15. The molecule has 0 bridgehead atoms. The molecule has 2 aromatic carbocycles. The molecule has 26 heavy (non-hydrogen) atoms. The van der Waals surface area contributed by atoms with Crippen LogP contribution in [-0.2, 0) is 16.6 Å². The summed E-state index contributed by atoms with van der Waals surface area (Å²) in [4.78, 5) is 16.5. The van der Waals surface area contributed by atoms with Gasteiger partial charge in [-0.1, -0.05) is 29.3 Å². The highest BCUT2D eigenvalue weighted by Crippen LogP contribution is 2.32. The van der Waals surface area contributed by atoms with Gasteiger partial charge in [-0.15, -0.1) is 0 Å². The Bertz CT molecular complexity index is 1070. The van der Waals surface area contributed by atoms with Gasteiger partial charge in [0.1, 0.15) is 10.8 Å². The van der Waals surface area contributed by atoms with E-state index in [-0.39, 0.29) is 27.1 Å². The number of Topliss-reactive ketones (excluding diaryl/α,β-unsaturated/α-hetero) is 1. The lowest BCUT2D eigenvalue weighted by molar-refractivity contribution is 0.101. The Labute approximate surface area is 170 Å². The SMILES string of the molecule is CC(=O)c1cc2c(Cl)ccc(Br)c2nc1S(=O)Cc1ccc(F)c(Cl)c1. The molecule has 134 valence electrons. The first kappa shape index (κ1) is 19.4. The Kier molecular flexibility index (Phi) is 5.77. The standard InChI is InChI=1S/C18H11BrCl2FNO2S/c1-9(24)11-7-12-14(20)4-3-13(19)17(12)23-18(11)26(25)8-10-2-5-16(22)15(21)6-10/h2-7H,8H2,1H3. The second-order valence-corrected chi connectivity index (χ2v) is 8.60. The molecule has 3 aromatic rings. The topological polar surface area (TPSA) is 47.0 Å². The van der Waals surface area contributed by atoms with E-state index in [2.05, 4.69) is 20.9 Å². The molecule has 1 heterocycles. The number of fused-ring (bicyclic) bond motifs is 1. The van der Waals surface area contributed by atoms with Crippen LogP contribution in [0, 0.1) is 5.82 Å². The fraction of sp³-hybridized carbons (Fsp3) is 0.111. The molecule has 0 N–H and O–H groups in total. The van der Waals surface area contributed by atoms with E-state index in [0.29, 0.717) is 26.0 Å². The van der Waals surface area contributed by atoms with Gasteiger partial charge in [-0.3, -0.25) is 9.00 Å². The third-order valence-corrected chi connectivity index (χ3v) is 6.32. The first-order valence-electron chi connectivity index (χ1n) is 7.40. The molecular formula is C18H11BrCl2FNO2S. The normalized spacial score (nSPS) is 12.3. The van der Waals surface area contributed by atoms with Gasteiger partial charge in [0.25, 0.3) is 0 Å². The molecule has 0 spiro atoms. The largest absolute Gasteiger partial charge is 0.294 e. The smallest absolute Gasteiger partial charge is 0.162 e. The number of pyridine rings is 1. The van der Waals surface area contributed by atoms with Crippen LogP contribution in [0.15, 0.2) is 45.9 Å². The number of benzene rings is 2. The van der Waals surface area contributed by atoms with Crippen molar-refractivity contribution in [2.24, 2.45) is 0 Å². The van der Waals surface area contributed by atoms with Gasteiger partial charge >= 0.3 is 0 Å². The van der Waals surface area contributed by atoms with Gasteiger partial charge in [0.2, 0.25) is 0 Å². The van der Waals surface area contributed by atoms with Crippen molar-refractivity contribution in [2.45, 2.75) is 17.7 Å². The van der Waals surface area contributed by atoms with Crippen molar-refractivity contribution in [3.63, 3.8) is 0 Å². The second-order valence-electron chi connectivity index (χ2n) is 5.56. The van der Waals surface area contributed by atoms with Crippen molar-refractivity contribution in [3.05, 3.63) is 67.9 Å². The number of hydrogen-bond acceptors (Lipinski definition) is 3. The summed E-state index contributed by atoms with van der Waals surface area (Å²) in [5.74, 6) is -0.763. The summed E-state index contributed by atoms with van der Waals surface area (Å²) in [6.07, 6.45) is 0. The van der Waals surface area contributed by atoms with Crippen LogP contribution in [0.3, 0.4) is 0 Å². The molecule has 1 unspecified atom stereocenters. The van der Waals surface area contributed by atoms with E-state index < -0.39 is 16.6 Å². The first-order valence-corrected chi connectivity index (χ1v) is 10.3. The minimum atomic E-state index is -1.63. The summed E-state index contributed by atoms with van der Waals surface area (Å²) in [6.45, 7) is 1.38. The van der Waals surface area contributed by atoms with Crippen LogP contribution in [0.4, 0.5) is 4.39 Å². The maximum Gasteiger partial charge on any atom is 0.162 e. The lowest BCUT2D eigenvalue weighted by Gasteiger charge is -2.11. The number of ketones is 1. The van der Waals surface area contributed by atoms with Gasteiger partial charge in [0.15, 0.2) is 5.78 Å². The minimum absolute atomic E-state index is 0.0488. The quantitative estimate of drug-likeness (QED) is 0.438. The first-order chi connectivity index (χ1) is 12.3. The highest BCUT2D eigenvalue weighted by molar-refractivity contribution is 9.10. The fourth-order valence-electron chi connectivity index (χ4n) is 2.45. The van der Waals surface area contributed by atoms with Gasteiger partial charge in [0.05, 0.1) is 37.7 Å². The van der Waals surface area contributed by atoms with Crippen LogP contribution >= 0.6 is 39.1 Å². The van der Waals surface area contributed by atoms with E-state index >= 15 is 0 Å². The van der Waals surface area contributed by atoms with E-state index in [4.69, 9.17) is 23.2 Å². The predicted octanol–water partition coefficient (Wildman–Crippen LogP) is 5.95. The molecule has 0 aliphatic heterocycles. The van der Waals surface area contributed by atoms with Crippen molar-refractivity contribution in [1.29, 1.82) is 0 Å². The zero-order valence-corrected chi connectivity index (χ0v) is 17.3. The number of hydrogen-bond donors (Lipinski definition) is 0. The molecule has 3 nitrogen and oxygen atoms in total. The third kappa shape index (κ3) is 3.83. The van der Waals surface area contributed by atoms with Crippen LogP contribution in [0.1, 0.15) is 22.8 Å². The molecular weight excluding hydrogens is 464 g/mol.